The predicted molar refractivity (Wildman–Crippen MR) is 58.0 cm³/mol. The summed E-state index contributed by atoms with van der Waals surface area (Å²) in [4.78, 5) is 8.52. The third kappa shape index (κ3) is 1.61. The summed E-state index contributed by atoms with van der Waals surface area (Å²) in [7, 11) is 0. The fourth-order valence-electron chi connectivity index (χ4n) is 2.16. The van der Waals surface area contributed by atoms with Crippen molar-refractivity contribution >= 4 is 22.8 Å². The van der Waals surface area contributed by atoms with Gasteiger partial charge in [-0.25, -0.2) is 4.98 Å². The van der Waals surface area contributed by atoms with Crippen LogP contribution in [-0.2, 0) is 0 Å². The highest BCUT2D eigenvalue weighted by Crippen LogP contribution is 2.34. The summed E-state index contributed by atoms with van der Waals surface area (Å²) in [5.41, 5.74) is 1.37. The first-order valence-electron chi connectivity index (χ1n) is 5.26. The van der Waals surface area contributed by atoms with Crippen molar-refractivity contribution in [1.29, 1.82) is 0 Å². The molecule has 0 amide bonds. The second kappa shape index (κ2) is 3.49. The lowest BCUT2D eigenvalue weighted by atomic mass is 10.1. The van der Waals surface area contributed by atoms with E-state index in [1.165, 1.54) is 25.7 Å². The molecular formula is C11H11ClN2O. The van der Waals surface area contributed by atoms with E-state index in [0.29, 0.717) is 16.7 Å². The van der Waals surface area contributed by atoms with Gasteiger partial charge in [-0.05, 0) is 25.0 Å². The van der Waals surface area contributed by atoms with Gasteiger partial charge in [0.1, 0.15) is 5.15 Å². The minimum atomic E-state index is 0.466. The minimum Gasteiger partial charge on any atom is -0.439 e. The molecule has 1 aliphatic carbocycles. The molecule has 3 nitrogen and oxygen atoms in total. The number of nitrogens with zero attached hydrogens (tertiary/aromatic N) is 2. The predicted octanol–water partition coefficient (Wildman–Crippen LogP) is 3.53. The van der Waals surface area contributed by atoms with Crippen molar-refractivity contribution in [2.24, 2.45) is 0 Å². The standard InChI is InChI=1S/C11H11ClN2O/c12-9-6-5-8-10(13-9)14-11(15-8)7-3-1-2-4-7/h5-7H,1-4H2. The van der Waals surface area contributed by atoms with Gasteiger partial charge in [0.05, 0.1) is 0 Å². The summed E-state index contributed by atoms with van der Waals surface area (Å²) in [6.45, 7) is 0. The quantitative estimate of drug-likeness (QED) is 0.693. The Labute approximate surface area is 92.5 Å². The summed E-state index contributed by atoms with van der Waals surface area (Å²) in [6, 6.07) is 3.56. The van der Waals surface area contributed by atoms with Gasteiger partial charge in [0.25, 0.3) is 0 Å². The van der Waals surface area contributed by atoms with Crippen molar-refractivity contribution in [1.82, 2.24) is 9.97 Å². The highest BCUT2D eigenvalue weighted by atomic mass is 35.5. The van der Waals surface area contributed by atoms with E-state index in [9.17, 15) is 0 Å². The average Bonchev–Trinajstić information content (AvgIpc) is 2.84. The van der Waals surface area contributed by atoms with Gasteiger partial charge in [0, 0.05) is 5.92 Å². The Morgan fingerprint density at radius 1 is 1.20 bits per heavy atom. The van der Waals surface area contributed by atoms with E-state index in [1.54, 1.807) is 6.07 Å². The smallest absolute Gasteiger partial charge is 0.200 e. The lowest BCUT2D eigenvalue weighted by Gasteiger charge is -2.00. The van der Waals surface area contributed by atoms with Gasteiger partial charge >= 0.3 is 0 Å². The van der Waals surface area contributed by atoms with Crippen LogP contribution in [0.3, 0.4) is 0 Å². The molecule has 2 aromatic rings. The van der Waals surface area contributed by atoms with Gasteiger partial charge in [-0.2, -0.15) is 4.98 Å². The lowest BCUT2D eigenvalue weighted by Crippen LogP contribution is -1.91. The Hall–Kier alpha value is -1.09. The van der Waals surface area contributed by atoms with E-state index in [4.69, 9.17) is 16.0 Å². The molecule has 0 saturated heterocycles. The second-order valence-electron chi connectivity index (χ2n) is 3.99. The number of hydrogen-bond donors (Lipinski definition) is 0. The number of fused-ring (bicyclic) bond motifs is 1. The van der Waals surface area contributed by atoms with Crippen LogP contribution in [0.15, 0.2) is 16.5 Å². The largest absolute Gasteiger partial charge is 0.439 e. The van der Waals surface area contributed by atoms with Crippen LogP contribution in [0.5, 0.6) is 0 Å². The molecule has 0 atom stereocenters. The summed E-state index contributed by atoms with van der Waals surface area (Å²) in [6.07, 6.45) is 4.91. The van der Waals surface area contributed by atoms with Crippen molar-refractivity contribution in [2.75, 3.05) is 0 Å². The summed E-state index contributed by atoms with van der Waals surface area (Å²) in [5.74, 6) is 1.32. The average molecular weight is 223 g/mol. The van der Waals surface area contributed by atoms with Crippen LogP contribution < -0.4 is 0 Å². The summed E-state index contributed by atoms with van der Waals surface area (Å²) in [5, 5.41) is 0.466. The number of oxazole rings is 1. The Morgan fingerprint density at radius 2 is 2.00 bits per heavy atom. The van der Waals surface area contributed by atoms with Crippen LogP contribution in [0.2, 0.25) is 5.15 Å². The van der Waals surface area contributed by atoms with Gasteiger partial charge in [0.15, 0.2) is 17.1 Å². The zero-order valence-corrected chi connectivity index (χ0v) is 9.00. The van der Waals surface area contributed by atoms with E-state index in [0.717, 1.165) is 11.5 Å². The SMILES string of the molecule is Clc1ccc2oc(C3CCCC3)nc2n1. The number of pyridine rings is 1. The van der Waals surface area contributed by atoms with Crippen LogP contribution >= 0.6 is 11.6 Å². The fraction of sp³-hybridized carbons (Fsp3) is 0.455. The molecule has 3 rings (SSSR count). The number of hydrogen-bond acceptors (Lipinski definition) is 3. The molecule has 0 aromatic carbocycles. The topological polar surface area (TPSA) is 38.9 Å². The minimum absolute atomic E-state index is 0.466. The first kappa shape index (κ1) is 9.16. The Kier molecular flexibility index (Phi) is 2.13. The monoisotopic (exact) mass is 222 g/mol. The molecule has 0 unspecified atom stereocenters. The summed E-state index contributed by atoms with van der Waals surface area (Å²) < 4.78 is 5.67. The van der Waals surface area contributed by atoms with Crippen LogP contribution in [0.25, 0.3) is 11.2 Å². The second-order valence-corrected chi connectivity index (χ2v) is 4.38. The van der Waals surface area contributed by atoms with Crippen molar-refractivity contribution < 1.29 is 4.42 Å². The van der Waals surface area contributed by atoms with E-state index < -0.39 is 0 Å². The van der Waals surface area contributed by atoms with Crippen molar-refractivity contribution in [3.8, 4) is 0 Å². The van der Waals surface area contributed by atoms with Crippen LogP contribution in [0, 0.1) is 0 Å². The van der Waals surface area contributed by atoms with E-state index in [-0.39, 0.29) is 0 Å². The van der Waals surface area contributed by atoms with Crippen LogP contribution in [-0.4, -0.2) is 9.97 Å². The Bertz CT molecular complexity index is 488. The molecule has 2 aromatic heterocycles. The normalized spacial score (nSPS) is 17.7. The van der Waals surface area contributed by atoms with Crippen molar-refractivity contribution in [3.63, 3.8) is 0 Å². The molecule has 15 heavy (non-hydrogen) atoms. The van der Waals surface area contributed by atoms with Gasteiger partial charge in [-0.1, -0.05) is 24.4 Å². The van der Waals surface area contributed by atoms with Gasteiger partial charge in [0.2, 0.25) is 0 Å². The zero-order chi connectivity index (χ0) is 10.3. The summed E-state index contributed by atoms with van der Waals surface area (Å²) >= 11 is 5.79. The molecular weight excluding hydrogens is 212 g/mol. The molecule has 78 valence electrons. The molecule has 1 fully saturated rings. The third-order valence-corrected chi connectivity index (χ3v) is 3.15. The number of aromatic nitrogens is 2. The zero-order valence-electron chi connectivity index (χ0n) is 8.24. The van der Waals surface area contributed by atoms with E-state index in [2.05, 4.69) is 9.97 Å². The lowest BCUT2D eigenvalue weighted by molar-refractivity contribution is 0.474. The van der Waals surface area contributed by atoms with Gasteiger partial charge in [-0.3, -0.25) is 0 Å². The maximum atomic E-state index is 5.79. The van der Waals surface area contributed by atoms with Crippen molar-refractivity contribution in [3.05, 3.63) is 23.2 Å². The van der Waals surface area contributed by atoms with E-state index in [1.807, 2.05) is 6.07 Å². The highest BCUT2D eigenvalue weighted by molar-refractivity contribution is 6.29. The Balaban J connectivity index is 2.05. The molecule has 0 N–H and O–H groups in total. The molecule has 2 heterocycles. The maximum Gasteiger partial charge on any atom is 0.200 e. The number of rotatable bonds is 1. The maximum absolute atomic E-state index is 5.79. The molecule has 0 radical (unpaired) electrons. The third-order valence-electron chi connectivity index (χ3n) is 2.94. The van der Waals surface area contributed by atoms with Crippen LogP contribution in [0.4, 0.5) is 0 Å². The fourth-order valence-corrected chi connectivity index (χ4v) is 2.30. The van der Waals surface area contributed by atoms with E-state index >= 15 is 0 Å². The molecule has 4 heteroatoms. The molecule has 1 saturated carbocycles. The highest BCUT2D eigenvalue weighted by Gasteiger charge is 2.22. The first-order valence-corrected chi connectivity index (χ1v) is 5.64. The first-order chi connectivity index (χ1) is 7.33. The number of halogens is 1. The molecule has 0 spiro atoms. The molecule has 0 bridgehead atoms. The molecule has 1 aliphatic rings. The Morgan fingerprint density at radius 3 is 2.80 bits per heavy atom. The molecule has 0 aliphatic heterocycles. The van der Waals surface area contributed by atoms with Crippen molar-refractivity contribution in [2.45, 2.75) is 31.6 Å². The van der Waals surface area contributed by atoms with Crippen LogP contribution in [0.1, 0.15) is 37.5 Å². The van der Waals surface area contributed by atoms with Gasteiger partial charge < -0.3 is 4.42 Å². The van der Waals surface area contributed by atoms with Gasteiger partial charge in [-0.15, -0.1) is 0 Å².